The molecule has 2 aromatic carbocycles. The van der Waals surface area contributed by atoms with Crippen molar-refractivity contribution in [1.82, 2.24) is 5.43 Å². The zero-order valence-corrected chi connectivity index (χ0v) is 15.2. The van der Waals surface area contributed by atoms with Crippen LogP contribution in [0.3, 0.4) is 0 Å². The lowest BCUT2D eigenvalue weighted by Gasteiger charge is -2.08. The predicted molar refractivity (Wildman–Crippen MR) is 98.6 cm³/mol. The molecular weight excluding hydrogens is 352 g/mol. The van der Waals surface area contributed by atoms with Crippen LogP contribution in [0, 0.1) is 0 Å². The minimum Gasteiger partial charge on any atom is -0.497 e. The van der Waals surface area contributed by atoms with E-state index in [0.29, 0.717) is 22.8 Å². The van der Waals surface area contributed by atoms with Gasteiger partial charge in [0.15, 0.2) is 6.61 Å². The van der Waals surface area contributed by atoms with Gasteiger partial charge in [-0.3, -0.25) is 4.79 Å². The molecule has 0 aliphatic carbocycles. The fourth-order valence-electron chi connectivity index (χ4n) is 2.06. The van der Waals surface area contributed by atoms with Gasteiger partial charge < -0.3 is 18.9 Å². The highest BCUT2D eigenvalue weighted by atomic mass is 16.6. The van der Waals surface area contributed by atoms with E-state index in [-0.39, 0.29) is 6.61 Å². The molecule has 142 valence electrons. The smallest absolute Gasteiger partial charge is 0.343 e. The minimum absolute atomic E-state index is 0.163. The lowest BCUT2D eigenvalue weighted by molar-refractivity contribution is -0.142. The van der Waals surface area contributed by atoms with E-state index in [4.69, 9.17) is 14.2 Å². The molecule has 8 heteroatoms. The number of carbonyl (C=O) groups is 2. The van der Waals surface area contributed by atoms with Crippen molar-refractivity contribution in [3.8, 4) is 17.2 Å². The molecule has 0 saturated heterocycles. The largest absolute Gasteiger partial charge is 0.497 e. The van der Waals surface area contributed by atoms with Gasteiger partial charge in [-0.2, -0.15) is 5.10 Å². The first-order valence-electron chi connectivity index (χ1n) is 7.92. The molecule has 2 aromatic rings. The van der Waals surface area contributed by atoms with Crippen LogP contribution in [-0.4, -0.2) is 46.0 Å². The molecule has 0 radical (unpaired) electrons. The van der Waals surface area contributed by atoms with Gasteiger partial charge in [-0.05, 0) is 42.0 Å². The summed E-state index contributed by atoms with van der Waals surface area (Å²) in [6, 6.07) is 11.7. The van der Waals surface area contributed by atoms with Crippen molar-refractivity contribution >= 4 is 18.1 Å². The van der Waals surface area contributed by atoms with Gasteiger partial charge in [0.1, 0.15) is 17.2 Å². The molecule has 0 atom stereocenters. The maximum absolute atomic E-state index is 12.2. The number of esters is 1. The number of hydrogen-bond acceptors (Lipinski definition) is 7. The fourth-order valence-corrected chi connectivity index (χ4v) is 2.06. The van der Waals surface area contributed by atoms with Gasteiger partial charge in [0.25, 0.3) is 5.91 Å². The van der Waals surface area contributed by atoms with Gasteiger partial charge >= 0.3 is 5.97 Å². The van der Waals surface area contributed by atoms with Crippen molar-refractivity contribution in [1.29, 1.82) is 0 Å². The lowest BCUT2D eigenvalue weighted by Crippen LogP contribution is -2.18. The van der Waals surface area contributed by atoms with E-state index in [1.54, 1.807) is 42.5 Å². The van der Waals surface area contributed by atoms with E-state index in [1.807, 2.05) is 0 Å². The van der Waals surface area contributed by atoms with Gasteiger partial charge in [0, 0.05) is 6.07 Å². The Hall–Kier alpha value is -3.55. The average molecular weight is 372 g/mol. The highest BCUT2D eigenvalue weighted by Crippen LogP contribution is 2.24. The minimum atomic E-state index is -0.461. The van der Waals surface area contributed by atoms with Crippen LogP contribution in [0.15, 0.2) is 47.6 Å². The molecule has 0 bridgehead atoms. The molecule has 0 spiro atoms. The first-order chi connectivity index (χ1) is 13.1. The maximum atomic E-state index is 12.2. The van der Waals surface area contributed by atoms with Crippen LogP contribution in [0.4, 0.5) is 0 Å². The first-order valence-corrected chi connectivity index (χ1v) is 7.92. The third kappa shape index (κ3) is 5.74. The van der Waals surface area contributed by atoms with Crippen LogP contribution < -0.4 is 19.6 Å². The number of ether oxygens (including phenoxy) is 4. The fraction of sp³-hybridized carbons (Fsp3) is 0.211. The predicted octanol–water partition coefficient (Wildman–Crippen LogP) is 2.02. The number of hydrogen-bond donors (Lipinski definition) is 1. The Bertz CT molecular complexity index is 817. The third-order valence-corrected chi connectivity index (χ3v) is 3.50. The Morgan fingerprint density at radius 2 is 1.70 bits per heavy atom. The molecule has 0 heterocycles. The first kappa shape index (κ1) is 19.8. The second-order valence-electron chi connectivity index (χ2n) is 5.20. The standard InChI is InChI=1S/C19H20N2O6/c1-24-15-8-9-16(17(10-15)25-2)19(23)21-20-11-13-4-6-14(7-5-13)27-12-18(22)26-3/h4-11H,12H2,1-3H3,(H,21,23)/b20-11-. The summed E-state index contributed by atoms with van der Waals surface area (Å²) in [5.41, 5.74) is 3.51. The van der Waals surface area contributed by atoms with E-state index in [2.05, 4.69) is 15.3 Å². The topological polar surface area (TPSA) is 95.5 Å². The van der Waals surface area contributed by atoms with Gasteiger partial charge in [0.05, 0.1) is 33.1 Å². The van der Waals surface area contributed by atoms with Crippen LogP contribution in [0.5, 0.6) is 17.2 Å². The number of amides is 1. The van der Waals surface area contributed by atoms with Crippen LogP contribution in [0.1, 0.15) is 15.9 Å². The molecule has 0 unspecified atom stereocenters. The Kier molecular flexibility index (Phi) is 7.18. The molecule has 27 heavy (non-hydrogen) atoms. The van der Waals surface area contributed by atoms with Crippen molar-refractivity contribution in [2.45, 2.75) is 0 Å². The molecule has 8 nitrogen and oxygen atoms in total. The van der Waals surface area contributed by atoms with Gasteiger partial charge in [-0.15, -0.1) is 0 Å². The molecule has 0 fully saturated rings. The van der Waals surface area contributed by atoms with E-state index in [1.165, 1.54) is 27.5 Å². The van der Waals surface area contributed by atoms with Gasteiger partial charge in [0.2, 0.25) is 0 Å². The summed E-state index contributed by atoms with van der Waals surface area (Å²) in [7, 11) is 4.30. The number of nitrogens with zero attached hydrogens (tertiary/aromatic N) is 1. The summed E-state index contributed by atoms with van der Waals surface area (Å²) in [5, 5.41) is 3.93. The number of benzene rings is 2. The van der Waals surface area contributed by atoms with Crippen molar-refractivity contribution in [2.24, 2.45) is 5.10 Å². The number of rotatable bonds is 8. The lowest BCUT2D eigenvalue weighted by atomic mass is 10.2. The average Bonchev–Trinajstić information content (AvgIpc) is 2.72. The molecule has 1 N–H and O–H groups in total. The molecule has 0 aromatic heterocycles. The van der Waals surface area contributed by atoms with E-state index >= 15 is 0 Å². The Morgan fingerprint density at radius 1 is 1.00 bits per heavy atom. The van der Waals surface area contributed by atoms with Crippen LogP contribution >= 0.6 is 0 Å². The van der Waals surface area contributed by atoms with E-state index in [9.17, 15) is 9.59 Å². The second kappa shape index (κ2) is 9.81. The highest BCUT2D eigenvalue weighted by Gasteiger charge is 2.12. The van der Waals surface area contributed by atoms with Gasteiger partial charge in [-0.25, -0.2) is 10.2 Å². The van der Waals surface area contributed by atoms with Crippen molar-refractivity contribution in [3.05, 3.63) is 53.6 Å². The second-order valence-corrected chi connectivity index (χ2v) is 5.20. The Balaban J connectivity index is 1.95. The SMILES string of the molecule is COC(=O)COc1ccc(/C=N\NC(=O)c2ccc(OC)cc2OC)cc1. The molecule has 0 aliphatic rings. The highest BCUT2D eigenvalue weighted by molar-refractivity contribution is 5.97. The number of nitrogens with one attached hydrogen (secondary N) is 1. The number of carbonyl (C=O) groups excluding carboxylic acids is 2. The van der Waals surface area contributed by atoms with E-state index < -0.39 is 11.9 Å². The summed E-state index contributed by atoms with van der Waals surface area (Å²) in [6.45, 7) is -0.163. The quantitative estimate of drug-likeness (QED) is 0.433. The van der Waals surface area contributed by atoms with E-state index in [0.717, 1.165) is 5.56 Å². The molecular formula is C19H20N2O6. The summed E-state index contributed by atoms with van der Waals surface area (Å²) >= 11 is 0. The van der Waals surface area contributed by atoms with Gasteiger partial charge in [-0.1, -0.05) is 0 Å². The van der Waals surface area contributed by atoms with Crippen molar-refractivity contribution in [2.75, 3.05) is 27.9 Å². The number of hydrazone groups is 1. The monoisotopic (exact) mass is 372 g/mol. The summed E-state index contributed by atoms with van der Waals surface area (Å²) in [5.74, 6) is 0.612. The van der Waals surface area contributed by atoms with Crippen LogP contribution in [0.2, 0.25) is 0 Å². The van der Waals surface area contributed by atoms with Crippen molar-refractivity contribution < 1.29 is 28.5 Å². The molecule has 0 saturated carbocycles. The molecule has 1 amide bonds. The molecule has 0 aliphatic heterocycles. The number of methoxy groups -OCH3 is 3. The van der Waals surface area contributed by atoms with Crippen LogP contribution in [0.25, 0.3) is 0 Å². The van der Waals surface area contributed by atoms with Crippen LogP contribution in [-0.2, 0) is 9.53 Å². The summed E-state index contributed by atoms with van der Waals surface area (Å²) < 4.78 is 20.0. The maximum Gasteiger partial charge on any atom is 0.343 e. The normalized spacial score (nSPS) is 10.3. The summed E-state index contributed by atoms with van der Waals surface area (Å²) in [6.07, 6.45) is 1.48. The zero-order valence-electron chi connectivity index (χ0n) is 15.2. The Morgan fingerprint density at radius 3 is 2.33 bits per heavy atom. The summed E-state index contributed by atoms with van der Waals surface area (Å²) in [4.78, 5) is 23.3. The molecule has 2 rings (SSSR count). The third-order valence-electron chi connectivity index (χ3n) is 3.50. The Labute approximate surface area is 156 Å². The zero-order chi connectivity index (χ0) is 19.6. The van der Waals surface area contributed by atoms with Crippen molar-refractivity contribution in [3.63, 3.8) is 0 Å².